The molecule has 4 heteroatoms. The maximum Gasteiger partial charge on any atom is 0.148 e. The molecule has 0 heterocycles. The van der Waals surface area contributed by atoms with Crippen molar-refractivity contribution in [1.82, 2.24) is 0 Å². The van der Waals surface area contributed by atoms with Gasteiger partial charge in [0.2, 0.25) is 0 Å². The number of rotatable bonds is 10. The number of benzene rings is 9. The predicted octanol–water partition coefficient (Wildman–Crippen LogP) is 16.1. The topological polar surface area (TPSA) is 6.48 Å². The van der Waals surface area contributed by atoms with Gasteiger partial charge < -0.3 is 4.90 Å². The van der Waals surface area contributed by atoms with E-state index in [4.69, 9.17) is 6.42 Å². The first kappa shape index (κ1) is 45.0. The first-order valence-corrected chi connectivity index (χ1v) is 24.4. The summed E-state index contributed by atoms with van der Waals surface area (Å²) in [5.41, 5.74) is 10.1. The SMILES string of the molecule is C#C/C(=c1/ccc2c3c(ccc(C)c13)C(C)(N(c1ccccc1)c1c(F)cc(C3C=CC=CC3C)cc1-c1ccccc1)CC=2)N(c1ccccc1)c1c(F)cc(-c2ccccc2)cc1-c1ccccc1. The number of para-hydroxylation sites is 2. The van der Waals surface area contributed by atoms with Gasteiger partial charge in [0.1, 0.15) is 17.3 Å². The molecule has 0 saturated heterocycles. The van der Waals surface area contributed by atoms with Crippen LogP contribution in [0, 0.1) is 36.8 Å². The molecule has 2 nitrogen and oxygen atoms in total. The van der Waals surface area contributed by atoms with Crippen LogP contribution >= 0.6 is 0 Å². The van der Waals surface area contributed by atoms with Gasteiger partial charge in [-0.3, -0.25) is 4.90 Å². The van der Waals surface area contributed by atoms with Crippen molar-refractivity contribution in [2.75, 3.05) is 9.80 Å². The summed E-state index contributed by atoms with van der Waals surface area (Å²) in [6.07, 6.45) is 18.2. The van der Waals surface area contributed by atoms with Crippen molar-refractivity contribution in [2.45, 2.75) is 38.6 Å². The van der Waals surface area contributed by atoms with E-state index in [1.807, 2.05) is 132 Å². The molecular weight excluding hydrogens is 871 g/mol. The molecule has 2 aliphatic carbocycles. The van der Waals surface area contributed by atoms with E-state index >= 15 is 8.78 Å². The second kappa shape index (κ2) is 18.8. The molecule has 71 heavy (non-hydrogen) atoms. The number of anilines is 4. The normalized spacial score (nSPS) is 17.3. The fraction of sp³-hybridized carbons (Fsp3) is 0.104. The smallest absolute Gasteiger partial charge is 0.148 e. The van der Waals surface area contributed by atoms with Gasteiger partial charge in [-0.25, -0.2) is 8.78 Å². The second-order valence-electron chi connectivity index (χ2n) is 18.9. The third kappa shape index (κ3) is 8.04. The number of terminal acetylenes is 1. The van der Waals surface area contributed by atoms with Gasteiger partial charge in [-0.15, -0.1) is 6.42 Å². The molecule has 0 radical (unpaired) electrons. The van der Waals surface area contributed by atoms with Crippen LogP contribution < -0.4 is 20.2 Å². The minimum absolute atomic E-state index is 0.0212. The number of hydrogen-bond donors (Lipinski definition) is 0. The number of halogens is 2. The lowest BCUT2D eigenvalue weighted by Gasteiger charge is -2.46. The van der Waals surface area contributed by atoms with Crippen LogP contribution in [0.1, 0.15) is 42.9 Å². The summed E-state index contributed by atoms with van der Waals surface area (Å²) in [5.74, 6) is 2.65. The van der Waals surface area contributed by atoms with Gasteiger partial charge in [0, 0.05) is 33.6 Å². The van der Waals surface area contributed by atoms with E-state index < -0.39 is 11.4 Å². The molecule has 11 rings (SSSR count). The molecule has 0 fully saturated rings. The fourth-order valence-corrected chi connectivity index (χ4v) is 11.1. The van der Waals surface area contributed by atoms with Gasteiger partial charge in [0.05, 0.1) is 16.9 Å². The minimum atomic E-state index is -0.819. The highest BCUT2D eigenvalue weighted by Crippen LogP contribution is 2.51. The van der Waals surface area contributed by atoms with E-state index in [0.29, 0.717) is 29.1 Å². The average molecular weight is 923 g/mol. The van der Waals surface area contributed by atoms with Crippen molar-refractivity contribution in [3.8, 4) is 45.7 Å². The maximum atomic E-state index is 18.0. The Kier molecular flexibility index (Phi) is 11.9. The van der Waals surface area contributed by atoms with Crippen LogP contribution in [0.3, 0.4) is 0 Å². The molecule has 0 aliphatic heterocycles. The summed E-state index contributed by atoms with van der Waals surface area (Å²) in [5, 5.41) is 3.82. The monoisotopic (exact) mass is 922 g/mol. The molecule has 344 valence electrons. The number of allylic oxidation sites excluding steroid dienone is 4. The summed E-state index contributed by atoms with van der Waals surface area (Å²) < 4.78 is 35.7. The molecule has 0 spiro atoms. The van der Waals surface area contributed by atoms with Crippen molar-refractivity contribution < 1.29 is 8.78 Å². The minimum Gasteiger partial charge on any atom is -0.328 e. The molecule has 2 aliphatic rings. The fourth-order valence-electron chi connectivity index (χ4n) is 11.1. The largest absolute Gasteiger partial charge is 0.328 e. The number of nitrogens with zero attached hydrogens (tertiary/aromatic N) is 2. The Morgan fingerprint density at radius 2 is 1.14 bits per heavy atom. The summed E-state index contributed by atoms with van der Waals surface area (Å²) in [7, 11) is 0. The predicted molar refractivity (Wildman–Crippen MR) is 293 cm³/mol. The van der Waals surface area contributed by atoms with E-state index in [-0.39, 0.29) is 17.7 Å². The molecule has 9 aromatic carbocycles. The highest BCUT2D eigenvalue weighted by molar-refractivity contribution is 6.01. The van der Waals surface area contributed by atoms with Crippen LogP contribution in [0.25, 0.3) is 55.9 Å². The molecule has 0 saturated carbocycles. The Balaban J connectivity index is 1.18. The average Bonchev–Trinajstić information content (AvgIpc) is 3.41. The lowest BCUT2D eigenvalue weighted by Crippen LogP contribution is -2.44. The van der Waals surface area contributed by atoms with Crippen LogP contribution in [0.15, 0.2) is 224 Å². The molecule has 0 bridgehead atoms. The Bertz CT molecular complexity index is 3690. The second-order valence-corrected chi connectivity index (χ2v) is 18.9. The molecule has 0 amide bonds. The van der Waals surface area contributed by atoms with E-state index in [0.717, 1.165) is 77.1 Å². The molecule has 3 atom stereocenters. The molecular formula is C67H52F2N2. The highest BCUT2D eigenvalue weighted by Gasteiger charge is 2.41. The van der Waals surface area contributed by atoms with Gasteiger partial charge in [0.15, 0.2) is 0 Å². The van der Waals surface area contributed by atoms with Crippen molar-refractivity contribution in [3.63, 3.8) is 0 Å². The summed E-state index contributed by atoms with van der Waals surface area (Å²) in [6, 6.07) is 66.2. The first-order valence-electron chi connectivity index (χ1n) is 24.4. The zero-order valence-corrected chi connectivity index (χ0v) is 40.0. The summed E-state index contributed by atoms with van der Waals surface area (Å²) in [6.45, 7) is 6.53. The molecule has 3 unspecified atom stereocenters. The van der Waals surface area contributed by atoms with Crippen LogP contribution in [0.4, 0.5) is 31.5 Å². The third-order valence-electron chi connectivity index (χ3n) is 14.5. The van der Waals surface area contributed by atoms with Gasteiger partial charge in [-0.2, -0.15) is 0 Å². The van der Waals surface area contributed by atoms with Crippen molar-refractivity contribution in [1.29, 1.82) is 0 Å². The van der Waals surface area contributed by atoms with Gasteiger partial charge >= 0.3 is 0 Å². The van der Waals surface area contributed by atoms with E-state index in [1.165, 1.54) is 0 Å². The maximum absolute atomic E-state index is 18.0. The van der Waals surface area contributed by atoms with Gasteiger partial charge in [-0.05, 0) is 130 Å². The number of hydrogen-bond acceptors (Lipinski definition) is 2. The Labute approximate surface area is 415 Å². The lowest BCUT2D eigenvalue weighted by atomic mass is 9.77. The quantitative estimate of drug-likeness (QED) is 0.126. The summed E-state index contributed by atoms with van der Waals surface area (Å²) in [4.78, 5) is 4.14. The van der Waals surface area contributed by atoms with E-state index in [9.17, 15) is 0 Å². The zero-order valence-electron chi connectivity index (χ0n) is 40.0. The van der Waals surface area contributed by atoms with E-state index in [2.05, 4.69) is 123 Å². The Morgan fingerprint density at radius 1 is 0.577 bits per heavy atom. The van der Waals surface area contributed by atoms with Crippen LogP contribution in [-0.4, -0.2) is 0 Å². The van der Waals surface area contributed by atoms with Crippen LogP contribution in [0.5, 0.6) is 0 Å². The first-order chi connectivity index (χ1) is 34.7. The Hall–Kier alpha value is -8.52. The molecule has 9 aromatic rings. The third-order valence-corrected chi connectivity index (χ3v) is 14.5. The van der Waals surface area contributed by atoms with Crippen molar-refractivity contribution in [2.24, 2.45) is 5.92 Å². The van der Waals surface area contributed by atoms with Gasteiger partial charge in [-0.1, -0.05) is 195 Å². The van der Waals surface area contributed by atoms with E-state index in [1.54, 1.807) is 12.1 Å². The molecule has 0 N–H and O–H groups in total. The van der Waals surface area contributed by atoms with Gasteiger partial charge in [0.25, 0.3) is 0 Å². The number of aryl methyl sites for hydroxylation is 1. The van der Waals surface area contributed by atoms with Crippen molar-refractivity contribution in [3.05, 3.63) is 263 Å². The van der Waals surface area contributed by atoms with Crippen LogP contribution in [0.2, 0.25) is 0 Å². The zero-order chi connectivity index (χ0) is 48.6. The Morgan fingerprint density at radius 3 is 1.76 bits per heavy atom. The standard InChI is InChI=1S/C67H52F2N2/c1-5-62(70(53-30-17-9-18-31-53)65-57(48-26-13-7-14-27-48)41-51(43-60(65)68)47-24-11-6-12-25-47)56-37-36-50-39-40-67(4,59-38-35-46(3)63(56)64(50)59)71(54-32-19-10-20-33-54)66-58(49-28-15-8-16-29-49)42-52(44-61(66)69)55-34-22-21-23-45(55)2/h1,6-39,41-45,55H,40H2,2-4H3/b62-56+. The van der Waals surface area contributed by atoms with Crippen molar-refractivity contribution >= 4 is 45.3 Å². The molecule has 0 aromatic heterocycles. The highest BCUT2D eigenvalue weighted by atomic mass is 19.1. The van der Waals surface area contributed by atoms with Crippen LogP contribution in [-0.2, 0) is 5.54 Å². The lowest BCUT2D eigenvalue weighted by molar-refractivity contribution is 0.489. The summed E-state index contributed by atoms with van der Waals surface area (Å²) >= 11 is 0.